The van der Waals surface area contributed by atoms with Crippen LogP contribution in [0.5, 0.6) is 0 Å². The quantitative estimate of drug-likeness (QED) is 0.458. The maximum atomic E-state index is 10.4. The first-order valence-corrected chi connectivity index (χ1v) is 5.65. The summed E-state index contributed by atoms with van der Waals surface area (Å²) in [6.07, 6.45) is 6.39. The molecule has 0 atom stereocenters. The Balaban J connectivity index is 1.64. The van der Waals surface area contributed by atoms with Crippen molar-refractivity contribution in [1.82, 2.24) is 14.9 Å². The van der Waals surface area contributed by atoms with Crippen LogP contribution >= 0.6 is 0 Å². The topological polar surface area (TPSA) is 86.1 Å². The van der Waals surface area contributed by atoms with Gasteiger partial charge in [-0.05, 0) is 19.0 Å². The van der Waals surface area contributed by atoms with E-state index in [2.05, 4.69) is 10.3 Å². The largest absolute Gasteiger partial charge is 0.433 e. The second-order valence-corrected chi connectivity index (χ2v) is 3.83. The van der Waals surface area contributed by atoms with E-state index in [-0.39, 0.29) is 5.88 Å². The van der Waals surface area contributed by atoms with E-state index >= 15 is 0 Å². The Morgan fingerprint density at radius 3 is 3.06 bits per heavy atom. The number of nitro groups is 1. The van der Waals surface area contributed by atoms with Gasteiger partial charge >= 0.3 is 5.88 Å². The Labute approximate surface area is 104 Å². The SMILES string of the molecule is O=[N+]([O-])c1ccc(CNCCCn2ccnc2)o1. The predicted molar refractivity (Wildman–Crippen MR) is 63.9 cm³/mol. The highest BCUT2D eigenvalue weighted by molar-refractivity contribution is 5.17. The van der Waals surface area contributed by atoms with Gasteiger partial charge in [0, 0.05) is 18.9 Å². The minimum atomic E-state index is -0.539. The van der Waals surface area contributed by atoms with Crippen molar-refractivity contribution in [3.8, 4) is 0 Å². The Hall–Kier alpha value is -2.15. The van der Waals surface area contributed by atoms with Crippen LogP contribution in [0.3, 0.4) is 0 Å². The van der Waals surface area contributed by atoms with Crippen LogP contribution in [0, 0.1) is 10.1 Å². The molecule has 0 saturated carbocycles. The van der Waals surface area contributed by atoms with Crippen molar-refractivity contribution in [2.45, 2.75) is 19.5 Å². The van der Waals surface area contributed by atoms with Gasteiger partial charge in [0.1, 0.15) is 10.7 Å². The maximum absolute atomic E-state index is 10.4. The van der Waals surface area contributed by atoms with Crippen molar-refractivity contribution >= 4 is 5.88 Å². The fraction of sp³-hybridized carbons (Fsp3) is 0.364. The van der Waals surface area contributed by atoms with Crippen LogP contribution in [0.1, 0.15) is 12.2 Å². The van der Waals surface area contributed by atoms with Crippen LogP contribution in [-0.2, 0) is 13.1 Å². The molecular weight excluding hydrogens is 236 g/mol. The summed E-state index contributed by atoms with van der Waals surface area (Å²) in [6.45, 7) is 2.20. The van der Waals surface area contributed by atoms with Crippen LogP contribution in [0.2, 0.25) is 0 Å². The van der Waals surface area contributed by atoms with E-state index in [4.69, 9.17) is 4.42 Å². The molecule has 0 aliphatic rings. The highest BCUT2D eigenvalue weighted by Gasteiger charge is 2.10. The minimum Gasteiger partial charge on any atom is -0.404 e. The Bertz CT molecular complexity index is 492. The molecule has 0 saturated heterocycles. The van der Waals surface area contributed by atoms with Crippen molar-refractivity contribution in [2.75, 3.05) is 6.54 Å². The summed E-state index contributed by atoms with van der Waals surface area (Å²) in [4.78, 5) is 13.8. The second-order valence-electron chi connectivity index (χ2n) is 3.83. The molecule has 18 heavy (non-hydrogen) atoms. The van der Waals surface area contributed by atoms with Crippen LogP contribution in [-0.4, -0.2) is 21.0 Å². The highest BCUT2D eigenvalue weighted by atomic mass is 16.6. The molecule has 2 aromatic rings. The molecule has 2 aromatic heterocycles. The second kappa shape index (κ2) is 5.97. The molecule has 0 aliphatic heterocycles. The van der Waals surface area contributed by atoms with E-state index < -0.39 is 4.92 Å². The maximum Gasteiger partial charge on any atom is 0.433 e. The summed E-state index contributed by atoms with van der Waals surface area (Å²) in [5.41, 5.74) is 0. The lowest BCUT2D eigenvalue weighted by atomic mass is 10.4. The predicted octanol–water partition coefficient (Wildman–Crippen LogP) is 1.56. The third-order valence-corrected chi connectivity index (χ3v) is 2.46. The molecule has 0 amide bonds. The highest BCUT2D eigenvalue weighted by Crippen LogP contribution is 2.14. The molecular formula is C11H14N4O3. The number of nitrogens with one attached hydrogen (secondary N) is 1. The van der Waals surface area contributed by atoms with Crippen LogP contribution in [0.15, 0.2) is 35.3 Å². The van der Waals surface area contributed by atoms with Gasteiger partial charge in [-0.25, -0.2) is 4.98 Å². The summed E-state index contributed by atoms with van der Waals surface area (Å²) in [6, 6.07) is 2.98. The van der Waals surface area contributed by atoms with Gasteiger partial charge < -0.3 is 14.3 Å². The summed E-state index contributed by atoms with van der Waals surface area (Å²) >= 11 is 0. The van der Waals surface area contributed by atoms with Gasteiger partial charge in [-0.3, -0.25) is 10.1 Å². The van der Waals surface area contributed by atoms with Gasteiger partial charge in [-0.15, -0.1) is 0 Å². The van der Waals surface area contributed by atoms with Crippen LogP contribution in [0.25, 0.3) is 0 Å². The molecule has 0 aliphatic carbocycles. The third kappa shape index (κ3) is 3.42. The molecule has 0 unspecified atom stereocenters. The number of aryl methyl sites for hydroxylation is 1. The first kappa shape index (κ1) is 12.3. The van der Waals surface area contributed by atoms with Crippen molar-refractivity contribution in [1.29, 1.82) is 0 Å². The zero-order valence-corrected chi connectivity index (χ0v) is 9.78. The molecule has 2 rings (SSSR count). The standard InChI is InChI=1S/C11H14N4O3/c16-15(17)11-3-2-10(18-11)8-12-4-1-6-14-7-5-13-9-14/h2-3,5,7,9,12H,1,4,6,8H2. The van der Waals surface area contributed by atoms with E-state index in [0.29, 0.717) is 12.3 Å². The van der Waals surface area contributed by atoms with E-state index in [9.17, 15) is 10.1 Å². The molecule has 0 radical (unpaired) electrons. The normalized spacial score (nSPS) is 10.7. The lowest BCUT2D eigenvalue weighted by Gasteiger charge is -2.03. The van der Waals surface area contributed by atoms with E-state index in [1.807, 2.05) is 10.8 Å². The molecule has 96 valence electrons. The lowest BCUT2D eigenvalue weighted by Crippen LogP contribution is -2.15. The van der Waals surface area contributed by atoms with Gasteiger partial charge in [-0.2, -0.15) is 0 Å². The summed E-state index contributed by atoms with van der Waals surface area (Å²) in [5, 5.41) is 13.6. The molecule has 7 nitrogen and oxygen atoms in total. The Morgan fingerprint density at radius 1 is 1.50 bits per heavy atom. The van der Waals surface area contributed by atoms with Gasteiger partial charge in [0.05, 0.1) is 18.9 Å². The molecule has 0 fully saturated rings. The first-order chi connectivity index (χ1) is 8.75. The van der Waals surface area contributed by atoms with Gasteiger partial charge in [-0.1, -0.05) is 0 Å². The summed E-state index contributed by atoms with van der Waals surface area (Å²) in [7, 11) is 0. The summed E-state index contributed by atoms with van der Waals surface area (Å²) < 4.78 is 7.02. The molecule has 7 heteroatoms. The molecule has 0 aromatic carbocycles. The fourth-order valence-corrected chi connectivity index (χ4v) is 1.58. The molecule has 0 bridgehead atoms. The smallest absolute Gasteiger partial charge is 0.404 e. The average Bonchev–Trinajstić information content (AvgIpc) is 2.98. The number of aromatic nitrogens is 2. The van der Waals surface area contributed by atoms with Crippen molar-refractivity contribution in [3.05, 3.63) is 46.7 Å². The third-order valence-electron chi connectivity index (χ3n) is 2.46. The monoisotopic (exact) mass is 250 g/mol. The van der Waals surface area contributed by atoms with Crippen molar-refractivity contribution in [3.63, 3.8) is 0 Å². The van der Waals surface area contributed by atoms with Gasteiger partial charge in [0.25, 0.3) is 0 Å². The molecule has 2 heterocycles. The Kier molecular flexibility index (Phi) is 4.08. The van der Waals surface area contributed by atoms with E-state index in [1.54, 1.807) is 18.6 Å². The van der Waals surface area contributed by atoms with Crippen molar-refractivity contribution < 1.29 is 9.34 Å². The zero-order valence-electron chi connectivity index (χ0n) is 9.78. The number of hydrogen-bond donors (Lipinski definition) is 1. The lowest BCUT2D eigenvalue weighted by molar-refractivity contribution is -0.402. The average molecular weight is 250 g/mol. The fourth-order valence-electron chi connectivity index (χ4n) is 1.58. The van der Waals surface area contributed by atoms with Crippen LogP contribution < -0.4 is 5.32 Å². The minimum absolute atomic E-state index is 0.217. The van der Waals surface area contributed by atoms with Crippen LogP contribution in [0.4, 0.5) is 5.88 Å². The number of hydrogen-bond acceptors (Lipinski definition) is 5. The van der Waals surface area contributed by atoms with Gasteiger partial charge in [0.2, 0.25) is 0 Å². The molecule has 0 spiro atoms. The first-order valence-electron chi connectivity index (χ1n) is 5.65. The van der Waals surface area contributed by atoms with Gasteiger partial charge in [0.15, 0.2) is 0 Å². The van der Waals surface area contributed by atoms with E-state index in [0.717, 1.165) is 19.5 Å². The number of nitrogens with zero attached hydrogens (tertiary/aromatic N) is 3. The summed E-state index contributed by atoms with van der Waals surface area (Å²) in [5.74, 6) is 0.356. The Morgan fingerprint density at radius 2 is 2.39 bits per heavy atom. The number of imidazole rings is 1. The number of furan rings is 1. The van der Waals surface area contributed by atoms with E-state index in [1.165, 1.54) is 6.07 Å². The number of rotatable bonds is 7. The zero-order chi connectivity index (χ0) is 12.8. The van der Waals surface area contributed by atoms with Crippen molar-refractivity contribution in [2.24, 2.45) is 0 Å². The molecule has 1 N–H and O–H groups in total.